The molecule has 0 saturated carbocycles. The first-order valence-corrected chi connectivity index (χ1v) is 10.1. The van der Waals surface area contributed by atoms with Crippen LogP contribution in [-0.4, -0.2) is 28.8 Å². The van der Waals surface area contributed by atoms with Gasteiger partial charge in [-0.2, -0.15) is 0 Å². The number of halogens is 2. The highest BCUT2D eigenvalue weighted by atomic mass is 35.5. The van der Waals surface area contributed by atoms with E-state index in [-0.39, 0.29) is 24.3 Å². The van der Waals surface area contributed by atoms with Crippen molar-refractivity contribution in [2.75, 3.05) is 0 Å². The Morgan fingerprint density at radius 1 is 1.04 bits per heavy atom. The average Bonchev–Trinajstić information content (AvgIpc) is 2.68. The molecule has 6 heteroatoms. The summed E-state index contributed by atoms with van der Waals surface area (Å²) in [6.45, 7) is 6.01. The van der Waals surface area contributed by atoms with Gasteiger partial charge in [0.05, 0.1) is 6.42 Å². The number of benzene rings is 2. The predicted molar refractivity (Wildman–Crippen MR) is 115 cm³/mol. The van der Waals surface area contributed by atoms with Gasteiger partial charge in [-0.1, -0.05) is 60.5 Å². The number of nitrogens with zero attached hydrogens (tertiary/aromatic N) is 1. The second-order valence-electron chi connectivity index (χ2n) is 6.91. The van der Waals surface area contributed by atoms with Gasteiger partial charge in [-0.15, -0.1) is 0 Å². The molecule has 2 atom stereocenters. The van der Waals surface area contributed by atoms with E-state index >= 15 is 0 Å². The molecule has 0 fully saturated rings. The van der Waals surface area contributed by atoms with E-state index in [0.717, 1.165) is 17.5 Å². The molecule has 4 nitrogen and oxygen atoms in total. The molecule has 150 valence electrons. The van der Waals surface area contributed by atoms with Crippen LogP contribution in [0.1, 0.15) is 38.3 Å². The lowest BCUT2D eigenvalue weighted by Gasteiger charge is -2.30. The summed E-state index contributed by atoms with van der Waals surface area (Å²) in [5.41, 5.74) is 1.64. The van der Waals surface area contributed by atoms with Crippen LogP contribution in [0, 0.1) is 0 Å². The quantitative estimate of drug-likeness (QED) is 0.661. The summed E-state index contributed by atoms with van der Waals surface area (Å²) >= 11 is 12.2. The van der Waals surface area contributed by atoms with Crippen molar-refractivity contribution in [3.63, 3.8) is 0 Å². The maximum absolute atomic E-state index is 13.1. The molecule has 0 aliphatic carbocycles. The number of nitrogens with one attached hydrogen (secondary N) is 1. The Morgan fingerprint density at radius 2 is 1.68 bits per heavy atom. The fourth-order valence-corrected chi connectivity index (χ4v) is 3.07. The molecule has 2 amide bonds. The molecule has 0 aromatic heterocycles. The van der Waals surface area contributed by atoms with Crippen molar-refractivity contribution in [2.45, 2.75) is 52.2 Å². The molecular formula is C22H26Cl2N2O2. The highest BCUT2D eigenvalue weighted by Crippen LogP contribution is 2.19. The number of amides is 2. The fourth-order valence-electron chi connectivity index (χ4n) is 2.74. The van der Waals surface area contributed by atoms with E-state index in [1.807, 2.05) is 44.2 Å². The first-order chi connectivity index (χ1) is 13.3. The van der Waals surface area contributed by atoms with Gasteiger partial charge in [0.2, 0.25) is 11.8 Å². The summed E-state index contributed by atoms with van der Waals surface area (Å²) in [5.74, 6) is -0.328. The van der Waals surface area contributed by atoms with Crippen molar-refractivity contribution in [2.24, 2.45) is 0 Å². The Kier molecular flexibility index (Phi) is 8.34. The van der Waals surface area contributed by atoms with E-state index in [1.165, 1.54) is 0 Å². The van der Waals surface area contributed by atoms with Gasteiger partial charge in [0.25, 0.3) is 0 Å². The van der Waals surface area contributed by atoms with Crippen LogP contribution in [0.25, 0.3) is 0 Å². The summed E-state index contributed by atoms with van der Waals surface area (Å²) < 4.78 is 0. The van der Waals surface area contributed by atoms with Crippen LogP contribution in [-0.2, 0) is 22.6 Å². The van der Waals surface area contributed by atoms with Crippen molar-refractivity contribution >= 4 is 35.0 Å². The average molecular weight is 421 g/mol. The zero-order chi connectivity index (χ0) is 20.7. The van der Waals surface area contributed by atoms with Crippen LogP contribution in [0.5, 0.6) is 0 Å². The Labute approximate surface area is 176 Å². The van der Waals surface area contributed by atoms with Crippen LogP contribution in [0.2, 0.25) is 10.0 Å². The van der Waals surface area contributed by atoms with Crippen molar-refractivity contribution in [1.29, 1.82) is 0 Å². The third-order valence-electron chi connectivity index (χ3n) is 4.73. The lowest BCUT2D eigenvalue weighted by molar-refractivity contribution is -0.140. The molecule has 28 heavy (non-hydrogen) atoms. The molecule has 2 rings (SSSR count). The van der Waals surface area contributed by atoms with E-state index in [1.54, 1.807) is 30.0 Å². The third-order valence-corrected chi connectivity index (χ3v) is 5.35. The topological polar surface area (TPSA) is 49.4 Å². The molecule has 2 unspecified atom stereocenters. The van der Waals surface area contributed by atoms with Crippen LogP contribution >= 0.6 is 23.2 Å². The van der Waals surface area contributed by atoms with Gasteiger partial charge in [0.1, 0.15) is 6.04 Å². The largest absolute Gasteiger partial charge is 0.352 e. The van der Waals surface area contributed by atoms with Crippen molar-refractivity contribution in [3.8, 4) is 0 Å². The van der Waals surface area contributed by atoms with E-state index in [4.69, 9.17) is 23.2 Å². The molecule has 2 aromatic rings. The van der Waals surface area contributed by atoms with Crippen molar-refractivity contribution in [1.82, 2.24) is 10.2 Å². The minimum atomic E-state index is -0.611. The second-order valence-corrected chi connectivity index (χ2v) is 7.75. The van der Waals surface area contributed by atoms with Gasteiger partial charge in [0.15, 0.2) is 0 Å². The van der Waals surface area contributed by atoms with Crippen molar-refractivity contribution < 1.29 is 9.59 Å². The SMILES string of the molecule is CCC(C)NC(=O)C(C)N(Cc1ccc(Cl)cc1)C(=O)Cc1ccccc1Cl. The normalized spacial score (nSPS) is 12.9. The van der Waals surface area contributed by atoms with Gasteiger partial charge in [-0.25, -0.2) is 0 Å². The predicted octanol–water partition coefficient (Wildman–Crippen LogP) is 4.87. The first-order valence-electron chi connectivity index (χ1n) is 9.39. The maximum Gasteiger partial charge on any atom is 0.242 e. The molecule has 0 heterocycles. The highest BCUT2D eigenvalue weighted by molar-refractivity contribution is 6.31. The summed E-state index contributed by atoms with van der Waals surface area (Å²) in [6.07, 6.45) is 0.956. The summed E-state index contributed by atoms with van der Waals surface area (Å²) in [5, 5.41) is 4.12. The highest BCUT2D eigenvalue weighted by Gasteiger charge is 2.27. The third kappa shape index (κ3) is 6.25. The van der Waals surface area contributed by atoms with Gasteiger partial charge >= 0.3 is 0 Å². The zero-order valence-corrected chi connectivity index (χ0v) is 17.9. The van der Waals surface area contributed by atoms with E-state index in [9.17, 15) is 9.59 Å². The smallest absolute Gasteiger partial charge is 0.242 e. The lowest BCUT2D eigenvalue weighted by Crippen LogP contribution is -2.49. The number of hydrogen-bond donors (Lipinski definition) is 1. The fraction of sp³-hybridized carbons (Fsp3) is 0.364. The molecular weight excluding hydrogens is 395 g/mol. The van der Waals surface area contributed by atoms with Gasteiger partial charge < -0.3 is 10.2 Å². The molecule has 0 radical (unpaired) electrons. The molecule has 1 N–H and O–H groups in total. The Bertz CT molecular complexity index is 808. The van der Waals surface area contributed by atoms with Crippen LogP contribution in [0.4, 0.5) is 0 Å². The molecule has 0 spiro atoms. The zero-order valence-electron chi connectivity index (χ0n) is 16.4. The monoisotopic (exact) mass is 420 g/mol. The van der Waals surface area contributed by atoms with E-state index < -0.39 is 6.04 Å². The molecule has 2 aromatic carbocycles. The Balaban J connectivity index is 2.23. The van der Waals surface area contributed by atoms with E-state index in [2.05, 4.69) is 5.32 Å². The number of carbonyl (C=O) groups is 2. The standard InChI is InChI=1S/C22H26Cl2N2O2/c1-4-15(2)25-22(28)16(3)26(14-17-9-11-19(23)12-10-17)21(27)13-18-7-5-6-8-20(18)24/h5-12,15-16H,4,13-14H2,1-3H3,(H,25,28). The minimum Gasteiger partial charge on any atom is -0.352 e. The summed E-state index contributed by atoms with van der Waals surface area (Å²) in [6, 6.07) is 14.0. The van der Waals surface area contributed by atoms with E-state index in [0.29, 0.717) is 16.6 Å². The van der Waals surface area contributed by atoms with Crippen LogP contribution in [0.3, 0.4) is 0 Å². The molecule has 0 aliphatic rings. The minimum absolute atomic E-state index is 0.0472. The first kappa shape index (κ1) is 22.3. The van der Waals surface area contributed by atoms with Gasteiger partial charge in [-0.3, -0.25) is 9.59 Å². The second kappa shape index (κ2) is 10.5. The van der Waals surface area contributed by atoms with Crippen LogP contribution in [0.15, 0.2) is 48.5 Å². The number of rotatable bonds is 8. The summed E-state index contributed by atoms with van der Waals surface area (Å²) in [7, 11) is 0. The van der Waals surface area contributed by atoms with Gasteiger partial charge in [-0.05, 0) is 49.6 Å². The van der Waals surface area contributed by atoms with Crippen LogP contribution < -0.4 is 5.32 Å². The molecule has 0 saturated heterocycles. The maximum atomic E-state index is 13.1. The van der Waals surface area contributed by atoms with Crippen molar-refractivity contribution in [3.05, 3.63) is 69.7 Å². The lowest BCUT2D eigenvalue weighted by atomic mass is 10.1. The number of hydrogen-bond acceptors (Lipinski definition) is 2. The Morgan fingerprint density at radius 3 is 2.29 bits per heavy atom. The van der Waals surface area contributed by atoms with Gasteiger partial charge in [0, 0.05) is 22.6 Å². The summed E-state index contributed by atoms with van der Waals surface area (Å²) in [4.78, 5) is 27.4. The molecule has 0 aliphatic heterocycles. The Hall–Kier alpha value is -2.04. The number of carbonyl (C=O) groups excluding carboxylic acids is 2. The molecule has 0 bridgehead atoms.